The normalized spacial score (nSPS) is 19.9. The Balaban J connectivity index is 0.00000147. The lowest BCUT2D eigenvalue weighted by Crippen LogP contribution is -2.44. The summed E-state index contributed by atoms with van der Waals surface area (Å²) in [6, 6.07) is 3.98. The van der Waals surface area contributed by atoms with E-state index in [-0.39, 0.29) is 12.4 Å². The SMILES string of the molecule is CN1CCN(Cc2cc(N)cc3c2OCOC3)CC1.Cl. The van der Waals surface area contributed by atoms with Gasteiger partial charge in [-0.1, -0.05) is 0 Å². The Labute approximate surface area is 126 Å². The van der Waals surface area contributed by atoms with Crippen molar-refractivity contribution in [1.82, 2.24) is 9.80 Å². The number of halogens is 1. The van der Waals surface area contributed by atoms with Gasteiger partial charge < -0.3 is 20.1 Å². The maximum atomic E-state index is 5.97. The number of anilines is 1. The summed E-state index contributed by atoms with van der Waals surface area (Å²) >= 11 is 0. The van der Waals surface area contributed by atoms with E-state index in [2.05, 4.69) is 16.8 Å². The number of nitrogens with two attached hydrogens (primary N) is 1. The Hall–Kier alpha value is -1.01. The smallest absolute Gasteiger partial charge is 0.189 e. The van der Waals surface area contributed by atoms with E-state index >= 15 is 0 Å². The summed E-state index contributed by atoms with van der Waals surface area (Å²) in [5.41, 5.74) is 9.01. The Bertz CT molecular complexity index is 462. The lowest BCUT2D eigenvalue weighted by atomic mass is 10.1. The van der Waals surface area contributed by atoms with Gasteiger partial charge in [0.1, 0.15) is 5.75 Å². The van der Waals surface area contributed by atoms with Gasteiger partial charge in [-0.05, 0) is 19.2 Å². The molecule has 1 aromatic rings. The first-order valence-corrected chi connectivity index (χ1v) is 6.75. The van der Waals surface area contributed by atoms with Crippen LogP contribution in [0, 0.1) is 0 Å². The van der Waals surface area contributed by atoms with E-state index in [1.165, 1.54) is 5.56 Å². The lowest BCUT2D eigenvalue weighted by Gasteiger charge is -2.33. The molecule has 2 aliphatic rings. The molecule has 112 valence electrons. The molecular weight excluding hydrogens is 278 g/mol. The minimum Gasteiger partial charge on any atom is -0.467 e. The van der Waals surface area contributed by atoms with Crippen LogP contribution >= 0.6 is 12.4 Å². The average molecular weight is 300 g/mol. The summed E-state index contributed by atoms with van der Waals surface area (Å²) in [5, 5.41) is 0. The van der Waals surface area contributed by atoms with E-state index in [1.54, 1.807) is 0 Å². The summed E-state index contributed by atoms with van der Waals surface area (Å²) in [5.74, 6) is 0.972. The molecule has 0 spiro atoms. The molecule has 0 unspecified atom stereocenters. The van der Waals surface area contributed by atoms with E-state index in [1.807, 2.05) is 12.1 Å². The zero-order chi connectivity index (χ0) is 13.2. The molecule has 0 aliphatic carbocycles. The van der Waals surface area contributed by atoms with Gasteiger partial charge in [0, 0.05) is 49.5 Å². The van der Waals surface area contributed by atoms with Gasteiger partial charge in [0.2, 0.25) is 0 Å². The van der Waals surface area contributed by atoms with Crippen LogP contribution in [0.25, 0.3) is 0 Å². The van der Waals surface area contributed by atoms with Crippen molar-refractivity contribution in [1.29, 1.82) is 0 Å². The van der Waals surface area contributed by atoms with Crippen molar-refractivity contribution in [3.63, 3.8) is 0 Å². The monoisotopic (exact) mass is 299 g/mol. The zero-order valence-corrected chi connectivity index (χ0v) is 12.6. The summed E-state index contributed by atoms with van der Waals surface area (Å²) in [6.07, 6.45) is 0. The van der Waals surface area contributed by atoms with E-state index in [0.717, 1.165) is 49.7 Å². The molecule has 5 nitrogen and oxygen atoms in total. The predicted molar refractivity (Wildman–Crippen MR) is 81.2 cm³/mol. The first-order chi connectivity index (χ1) is 9.22. The fourth-order valence-electron chi connectivity index (χ4n) is 2.69. The van der Waals surface area contributed by atoms with Gasteiger partial charge in [0.15, 0.2) is 6.79 Å². The van der Waals surface area contributed by atoms with Crippen molar-refractivity contribution >= 4 is 18.1 Å². The fourth-order valence-corrected chi connectivity index (χ4v) is 2.69. The number of fused-ring (bicyclic) bond motifs is 1. The Morgan fingerprint density at radius 3 is 2.70 bits per heavy atom. The topological polar surface area (TPSA) is 51.0 Å². The fraction of sp³-hybridized carbons (Fsp3) is 0.571. The summed E-state index contributed by atoms with van der Waals surface area (Å²) in [6.45, 7) is 6.26. The number of rotatable bonds is 2. The number of ether oxygens (including phenoxy) is 2. The van der Waals surface area contributed by atoms with Crippen molar-refractivity contribution in [2.45, 2.75) is 13.2 Å². The van der Waals surface area contributed by atoms with Crippen LogP contribution in [0.5, 0.6) is 5.75 Å². The van der Waals surface area contributed by atoms with Gasteiger partial charge in [-0.15, -0.1) is 12.4 Å². The van der Waals surface area contributed by atoms with E-state index in [0.29, 0.717) is 13.4 Å². The molecule has 1 aromatic carbocycles. The van der Waals surface area contributed by atoms with E-state index in [9.17, 15) is 0 Å². The molecule has 0 bridgehead atoms. The van der Waals surface area contributed by atoms with Crippen LogP contribution in [0.3, 0.4) is 0 Å². The average Bonchev–Trinajstić information content (AvgIpc) is 2.41. The molecule has 0 aromatic heterocycles. The number of nitrogen functional groups attached to an aromatic ring is 1. The van der Waals surface area contributed by atoms with Crippen molar-refractivity contribution in [3.8, 4) is 5.75 Å². The molecular formula is C14H22ClN3O2. The molecule has 1 fully saturated rings. The van der Waals surface area contributed by atoms with Gasteiger partial charge in [0.05, 0.1) is 6.61 Å². The Kier molecular flexibility index (Phi) is 5.10. The molecule has 0 radical (unpaired) electrons. The van der Waals surface area contributed by atoms with Crippen molar-refractivity contribution < 1.29 is 9.47 Å². The third kappa shape index (κ3) is 3.35. The second kappa shape index (κ2) is 6.63. The Morgan fingerprint density at radius 2 is 1.95 bits per heavy atom. The van der Waals surface area contributed by atoms with Crippen molar-refractivity contribution in [2.75, 3.05) is 45.8 Å². The molecule has 3 rings (SSSR count). The largest absolute Gasteiger partial charge is 0.467 e. The molecule has 0 amide bonds. The van der Waals surface area contributed by atoms with Gasteiger partial charge in [-0.2, -0.15) is 0 Å². The maximum absolute atomic E-state index is 5.97. The maximum Gasteiger partial charge on any atom is 0.189 e. The third-order valence-electron chi connectivity index (χ3n) is 3.80. The van der Waals surface area contributed by atoms with Gasteiger partial charge >= 0.3 is 0 Å². The first kappa shape index (κ1) is 15.4. The number of likely N-dealkylation sites (N-methyl/N-ethyl adjacent to an activating group) is 1. The summed E-state index contributed by atoms with van der Waals surface area (Å²) in [4.78, 5) is 4.81. The van der Waals surface area contributed by atoms with Crippen molar-refractivity contribution in [3.05, 3.63) is 23.3 Å². The highest BCUT2D eigenvalue weighted by Crippen LogP contribution is 2.31. The van der Waals surface area contributed by atoms with Crippen LogP contribution in [-0.4, -0.2) is 49.8 Å². The van der Waals surface area contributed by atoms with Gasteiger partial charge in [-0.3, -0.25) is 4.90 Å². The third-order valence-corrected chi connectivity index (χ3v) is 3.80. The summed E-state index contributed by atoms with van der Waals surface area (Å²) in [7, 11) is 2.17. The predicted octanol–water partition coefficient (Wildman–Crippen LogP) is 1.30. The van der Waals surface area contributed by atoms with Crippen LogP contribution in [0.4, 0.5) is 5.69 Å². The standard InChI is InChI=1S/C14H21N3O2.ClH/c1-16-2-4-17(5-3-16)8-11-6-13(15)7-12-9-18-10-19-14(11)12;/h6-7H,2-5,8-10,15H2,1H3;1H. The van der Waals surface area contributed by atoms with Gasteiger partial charge in [0.25, 0.3) is 0 Å². The molecule has 2 heterocycles. The molecule has 1 saturated heterocycles. The highest BCUT2D eigenvalue weighted by Gasteiger charge is 2.20. The first-order valence-electron chi connectivity index (χ1n) is 6.75. The van der Waals surface area contributed by atoms with E-state index < -0.39 is 0 Å². The number of hydrogen-bond donors (Lipinski definition) is 1. The van der Waals surface area contributed by atoms with Crippen LogP contribution in [-0.2, 0) is 17.9 Å². The van der Waals surface area contributed by atoms with Crippen LogP contribution < -0.4 is 10.5 Å². The molecule has 0 saturated carbocycles. The molecule has 6 heteroatoms. The van der Waals surface area contributed by atoms with Crippen LogP contribution in [0.1, 0.15) is 11.1 Å². The molecule has 2 N–H and O–H groups in total. The van der Waals surface area contributed by atoms with Crippen LogP contribution in [0.15, 0.2) is 12.1 Å². The second-order valence-corrected chi connectivity index (χ2v) is 5.36. The van der Waals surface area contributed by atoms with E-state index in [4.69, 9.17) is 15.2 Å². The second-order valence-electron chi connectivity index (χ2n) is 5.36. The summed E-state index contributed by atoms with van der Waals surface area (Å²) < 4.78 is 11.0. The number of hydrogen-bond acceptors (Lipinski definition) is 5. The quantitative estimate of drug-likeness (QED) is 0.835. The van der Waals surface area contributed by atoms with Crippen molar-refractivity contribution in [2.24, 2.45) is 0 Å². The minimum atomic E-state index is 0. The van der Waals surface area contributed by atoms with Crippen LogP contribution in [0.2, 0.25) is 0 Å². The minimum absolute atomic E-state index is 0. The number of benzene rings is 1. The number of piperazine rings is 1. The van der Waals surface area contributed by atoms with Gasteiger partial charge in [-0.25, -0.2) is 0 Å². The molecule has 20 heavy (non-hydrogen) atoms. The highest BCUT2D eigenvalue weighted by atomic mass is 35.5. The molecule has 0 atom stereocenters. The number of nitrogens with zero attached hydrogens (tertiary/aromatic N) is 2. The lowest BCUT2D eigenvalue weighted by molar-refractivity contribution is -0.0175. The highest BCUT2D eigenvalue weighted by molar-refractivity contribution is 5.85. The zero-order valence-electron chi connectivity index (χ0n) is 11.8. The Morgan fingerprint density at radius 1 is 1.20 bits per heavy atom. The molecule has 2 aliphatic heterocycles.